The van der Waals surface area contributed by atoms with Crippen molar-refractivity contribution >= 4 is 29.7 Å². The van der Waals surface area contributed by atoms with Crippen LogP contribution in [0.15, 0.2) is 47.1 Å². The van der Waals surface area contributed by atoms with E-state index in [0.29, 0.717) is 0 Å². The highest BCUT2D eigenvalue weighted by molar-refractivity contribution is 9.10. The second-order valence-corrected chi connectivity index (χ2v) is 17.1. The number of fused-ring (bicyclic) bond motifs is 1. The number of aromatic nitrogens is 3. The van der Waals surface area contributed by atoms with Gasteiger partial charge < -0.3 is 9.47 Å². The van der Waals surface area contributed by atoms with Crippen molar-refractivity contribution in [3.8, 4) is 0 Å². The van der Waals surface area contributed by atoms with Crippen molar-refractivity contribution in [1.82, 2.24) is 14.6 Å². The summed E-state index contributed by atoms with van der Waals surface area (Å²) in [6.45, 7) is 12.2. The molecule has 0 aliphatic heterocycles. The van der Waals surface area contributed by atoms with Crippen LogP contribution in [0.1, 0.15) is 50.1 Å². The number of halogens is 1. The summed E-state index contributed by atoms with van der Waals surface area (Å²) >= 11 is 3.56. The Morgan fingerprint density at radius 3 is 2.44 bits per heavy atom. The summed E-state index contributed by atoms with van der Waals surface area (Å²) in [6, 6.07) is 13.9. The van der Waals surface area contributed by atoms with Crippen LogP contribution in [0.3, 0.4) is 0 Å². The van der Waals surface area contributed by atoms with E-state index < -0.39 is 13.7 Å². The van der Waals surface area contributed by atoms with Gasteiger partial charge in [-0.1, -0.05) is 60.2 Å². The molecule has 32 heavy (non-hydrogen) atoms. The first-order valence-electron chi connectivity index (χ1n) is 11.4. The monoisotopic (exact) mass is 515 g/mol. The minimum Gasteiger partial charge on any atom is -0.356 e. The molecular weight excluding hydrogens is 482 g/mol. The van der Waals surface area contributed by atoms with E-state index in [1.54, 1.807) is 0 Å². The van der Waals surface area contributed by atoms with Gasteiger partial charge in [0.05, 0.1) is 11.0 Å². The molecule has 0 amide bonds. The maximum atomic E-state index is 6.18. The van der Waals surface area contributed by atoms with Gasteiger partial charge in [0.15, 0.2) is 5.65 Å². The molecule has 1 aliphatic carbocycles. The fraction of sp³-hybridized carbons (Fsp3) is 0.520. The Kier molecular flexibility index (Phi) is 6.65. The molecule has 1 aromatic carbocycles. The van der Waals surface area contributed by atoms with Crippen LogP contribution in [0.5, 0.6) is 0 Å². The molecule has 3 aromatic rings. The summed E-state index contributed by atoms with van der Waals surface area (Å²) in [7, 11) is -1.10. The van der Waals surface area contributed by atoms with Crippen molar-refractivity contribution in [2.24, 2.45) is 0 Å². The average Bonchev–Trinajstić information content (AvgIpc) is 3.12. The lowest BCUT2D eigenvalue weighted by Crippen LogP contribution is -2.37. The van der Waals surface area contributed by atoms with E-state index in [2.05, 4.69) is 102 Å². The van der Waals surface area contributed by atoms with Crippen LogP contribution in [-0.2, 0) is 20.5 Å². The third kappa shape index (κ3) is 4.71. The molecule has 0 spiro atoms. The third-order valence-corrected chi connectivity index (χ3v) is 8.85. The molecule has 172 valence electrons. The molecule has 1 aliphatic rings. The minimum atomic E-state index is -1.10. The summed E-state index contributed by atoms with van der Waals surface area (Å²) in [5.41, 5.74) is 2.58. The SMILES string of the molecule is CC(C)(OCOCC[Si](C)(C)C)c1cccn2c(C3(c4ccc(Br)cc4)CCC3)nnc12. The quantitative estimate of drug-likeness (QED) is 0.184. The number of hydrogen-bond donors (Lipinski definition) is 0. The summed E-state index contributed by atoms with van der Waals surface area (Å²) < 4.78 is 15.2. The molecule has 0 N–H and O–H groups in total. The fourth-order valence-electron chi connectivity index (χ4n) is 4.36. The van der Waals surface area contributed by atoms with Gasteiger partial charge >= 0.3 is 0 Å². The maximum Gasteiger partial charge on any atom is 0.166 e. The highest BCUT2D eigenvalue weighted by atomic mass is 79.9. The van der Waals surface area contributed by atoms with Crippen LogP contribution >= 0.6 is 15.9 Å². The van der Waals surface area contributed by atoms with Crippen molar-refractivity contribution in [2.45, 2.75) is 69.8 Å². The Balaban J connectivity index is 1.58. The highest BCUT2D eigenvalue weighted by Crippen LogP contribution is 2.48. The fourth-order valence-corrected chi connectivity index (χ4v) is 5.38. The molecule has 2 heterocycles. The zero-order valence-corrected chi connectivity index (χ0v) is 22.4. The Morgan fingerprint density at radius 2 is 1.81 bits per heavy atom. The summed E-state index contributed by atoms with van der Waals surface area (Å²) in [5, 5.41) is 9.36. The van der Waals surface area contributed by atoms with Crippen LogP contribution in [0.2, 0.25) is 25.7 Å². The molecule has 0 saturated heterocycles. The van der Waals surface area contributed by atoms with E-state index in [0.717, 1.165) is 47.0 Å². The van der Waals surface area contributed by atoms with Gasteiger partial charge in [-0.15, -0.1) is 10.2 Å². The molecule has 2 aromatic heterocycles. The van der Waals surface area contributed by atoms with Crippen molar-refractivity contribution in [2.75, 3.05) is 13.4 Å². The van der Waals surface area contributed by atoms with Gasteiger partial charge in [-0.3, -0.25) is 4.40 Å². The summed E-state index contributed by atoms with van der Waals surface area (Å²) in [5.74, 6) is 1.02. The Hall–Kier alpha value is -1.54. The Labute approximate surface area is 200 Å². The van der Waals surface area contributed by atoms with Crippen LogP contribution in [0.25, 0.3) is 5.65 Å². The Bertz CT molecular complexity index is 1070. The van der Waals surface area contributed by atoms with E-state index in [1.165, 1.54) is 12.0 Å². The van der Waals surface area contributed by atoms with Crippen molar-refractivity contribution in [3.63, 3.8) is 0 Å². The normalized spacial score (nSPS) is 16.3. The van der Waals surface area contributed by atoms with Gasteiger partial charge in [-0.05, 0) is 56.5 Å². The molecule has 0 bridgehead atoms. The smallest absolute Gasteiger partial charge is 0.166 e. The lowest BCUT2D eigenvalue weighted by molar-refractivity contribution is -0.128. The summed E-state index contributed by atoms with van der Waals surface area (Å²) in [6.07, 6.45) is 5.45. The van der Waals surface area contributed by atoms with Gasteiger partial charge in [0.25, 0.3) is 0 Å². The van der Waals surface area contributed by atoms with Gasteiger partial charge in [-0.25, -0.2) is 0 Å². The molecule has 0 unspecified atom stereocenters. The van der Waals surface area contributed by atoms with E-state index in [-0.39, 0.29) is 12.2 Å². The van der Waals surface area contributed by atoms with E-state index in [9.17, 15) is 0 Å². The van der Waals surface area contributed by atoms with Crippen LogP contribution in [-0.4, -0.2) is 36.1 Å². The predicted octanol–water partition coefficient (Wildman–Crippen LogP) is 6.53. The summed E-state index contributed by atoms with van der Waals surface area (Å²) in [4.78, 5) is 0. The van der Waals surface area contributed by atoms with Gasteiger partial charge in [0.2, 0.25) is 0 Å². The minimum absolute atomic E-state index is 0.0797. The number of benzene rings is 1. The predicted molar refractivity (Wildman–Crippen MR) is 135 cm³/mol. The lowest BCUT2D eigenvalue weighted by Gasteiger charge is -2.41. The van der Waals surface area contributed by atoms with Crippen molar-refractivity contribution < 1.29 is 9.47 Å². The number of pyridine rings is 1. The molecule has 5 nitrogen and oxygen atoms in total. The molecule has 0 atom stereocenters. The van der Waals surface area contributed by atoms with Crippen molar-refractivity contribution in [1.29, 1.82) is 0 Å². The first-order chi connectivity index (χ1) is 15.1. The number of ether oxygens (including phenoxy) is 2. The maximum absolute atomic E-state index is 6.18. The standard InChI is InChI=1S/C25H34BrN3O2Si/c1-24(2,31-18-30-16-17-32(3,4)5)21-8-6-15-29-22(21)27-28-23(29)25(13-7-14-25)19-9-11-20(26)12-10-19/h6,8-12,15H,7,13-14,16-18H2,1-5H3. The second kappa shape index (κ2) is 9.01. The highest BCUT2D eigenvalue weighted by Gasteiger charge is 2.44. The zero-order chi connectivity index (χ0) is 23.0. The first-order valence-corrected chi connectivity index (χ1v) is 15.9. The molecule has 1 saturated carbocycles. The molecule has 4 rings (SSSR count). The van der Waals surface area contributed by atoms with Crippen LogP contribution in [0, 0.1) is 0 Å². The second-order valence-electron chi connectivity index (χ2n) is 10.6. The van der Waals surface area contributed by atoms with Crippen LogP contribution < -0.4 is 0 Å². The zero-order valence-electron chi connectivity index (χ0n) is 19.8. The lowest BCUT2D eigenvalue weighted by atomic mass is 9.64. The van der Waals surface area contributed by atoms with Crippen molar-refractivity contribution in [3.05, 3.63) is 64.0 Å². The van der Waals surface area contributed by atoms with Gasteiger partial charge in [-0.2, -0.15) is 0 Å². The molecule has 1 fully saturated rings. The van der Waals surface area contributed by atoms with E-state index >= 15 is 0 Å². The molecule has 7 heteroatoms. The third-order valence-electron chi connectivity index (χ3n) is 6.61. The van der Waals surface area contributed by atoms with Gasteiger partial charge in [0.1, 0.15) is 12.6 Å². The number of nitrogens with zero attached hydrogens (tertiary/aromatic N) is 3. The average molecular weight is 517 g/mol. The largest absolute Gasteiger partial charge is 0.356 e. The molecule has 0 radical (unpaired) electrons. The number of hydrogen-bond acceptors (Lipinski definition) is 4. The van der Waals surface area contributed by atoms with E-state index in [1.807, 2.05) is 0 Å². The topological polar surface area (TPSA) is 48.7 Å². The Morgan fingerprint density at radius 1 is 1.09 bits per heavy atom. The molecular formula is C25H34BrN3O2Si. The first kappa shape index (κ1) is 23.6. The number of rotatable bonds is 9. The van der Waals surface area contributed by atoms with Crippen LogP contribution in [0.4, 0.5) is 0 Å². The van der Waals surface area contributed by atoms with Gasteiger partial charge in [0, 0.05) is 30.9 Å². The van der Waals surface area contributed by atoms with E-state index in [4.69, 9.17) is 14.6 Å².